The van der Waals surface area contributed by atoms with Crippen molar-refractivity contribution in [3.8, 4) is 0 Å². The fourth-order valence-corrected chi connectivity index (χ4v) is 3.78. The lowest BCUT2D eigenvalue weighted by Crippen LogP contribution is -2.48. The summed E-state index contributed by atoms with van der Waals surface area (Å²) in [6.45, 7) is 6.01. The summed E-state index contributed by atoms with van der Waals surface area (Å²) >= 11 is 0. The molecule has 3 saturated heterocycles. The topological polar surface area (TPSA) is 58.4 Å². The van der Waals surface area contributed by atoms with E-state index >= 15 is 0 Å². The summed E-state index contributed by atoms with van der Waals surface area (Å²) in [6.07, 6.45) is 8.95. The van der Waals surface area contributed by atoms with Crippen molar-refractivity contribution in [2.45, 2.75) is 45.6 Å². The number of allylic oxidation sites excluding steroid dienone is 1. The summed E-state index contributed by atoms with van der Waals surface area (Å²) < 4.78 is 1.76. The molecule has 1 aromatic rings. The van der Waals surface area contributed by atoms with Crippen molar-refractivity contribution >= 4 is 11.8 Å². The fraction of sp³-hybridized carbons (Fsp3) is 0.632. The molecule has 1 aromatic heterocycles. The SMILES string of the molecule is CC(C)=CCN1C(=O)[C@@H]2CC[C@H]1CN(C(=O)CCc1cnn(C)c1)C2. The number of amides is 2. The molecule has 136 valence electrons. The van der Waals surface area contributed by atoms with Gasteiger partial charge in [-0.05, 0) is 38.7 Å². The number of aryl methyl sites for hydroxylation is 2. The van der Waals surface area contributed by atoms with E-state index in [1.54, 1.807) is 4.68 Å². The van der Waals surface area contributed by atoms with Crippen LogP contribution in [0.4, 0.5) is 0 Å². The first-order valence-electron chi connectivity index (χ1n) is 9.13. The molecule has 2 atom stereocenters. The third-order valence-electron chi connectivity index (χ3n) is 5.23. The Kier molecular flexibility index (Phi) is 5.25. The van der Waals surface area contributed by atoms with Crippen LogP contribution in [0.25, 0.3) is 0 Å². The zero-order valence-corrected chi connectivity index (χ0v) is 15.4. The van der Waals surface area contributed by atoms with Gasteiger partial charge in [-0.25, -0.2) is 0 Å². The van der Waals surface area contributed by atoms with Crippen LogP contribution in [0.2, 0.25) is 0 Å². The first-order valence-corrected chi connectivity index (χ1v) is 9.13. The summed E-state index contributed by atoms with van der Waals surface area (Å²) in [5.41, 5.74) is 2.30. The van der Waals surface area contributed by atoms with E-state index in [4.69, 9.17) is 0 Å². The number of nitrogens with zero attached hydrogens (tertiary/aromatic N) is 4. The lowest BCUT2D eigenvalue weighted by atomic mass is 9.94. The van der Waals surface area contributed by atoms with Gasteiger partial charge in [-0.15, -0.1) is 0 Å². The predicted octanol–water partition coefficient (Wildman–Crippen LogP) is 1.77. The van der Waals surface area contributed by atoms with Gasteiger partial charge in [-0.3, -0.25) is 14.3 Å². The van der Waals surface area contributed by atoms with Gasteiger partial charge < -0.3 is 9.80 Å². The molecule has 2 bridgehead atoms. The second kappa shape index (κ2) is 7.42. The Labute approximate surface area is 149 Å². The van der Waals surface area contributed by atoms with Gasteiger partial charge in [0, 0.05) is 45.3 Å². The molecule has 6 heteroatoms. The molecule has 0 spiro atoms. The number of hydrogen-bond acceptors (Lipinski definition) is 3. The molecule has 4 heterocycles. The van der Waals surface area contributed by atoms with E-state index in [-0.39, 0.29) is 23.8 Å². The minimum absolute atomic E-state index is 0.0355. The Bertz CT molecular complexity index is 675. The number of carbonyl (C=O) groups excluding carboxylic acids is 2. The van der Waals surface area contributed by atoms with Gasteiger partial charge in [-0.1, -0.05) is 11.6 Å². The Morgan fingerprint density at radius 2 is 2.12 bits per heavy atom. The normalized spacial score (nSPS) is 22.9. The predicted molar refractivity (Wildman–Crippen MR) is 95.8 cm³/mol. The van der Waals surface area contributed by atoms with Crippen LogP contribution in [0.15, 0.2) is 24.0 Å². The van der Waals surface area contributed by atoms with Gasteiger partial charge in [0.25, 0.3) is 0 Å². The van der Waals surface area contributed by atoms with Crippen molar-refractivity contribution in [2.75, 3.05) is 19.6 Å². The molecule has 0 aliphatic carbocycles. The van der Waals surface area contributed by atoms with Crippen LogP contribution in [-0.2, 0) is 23.1 Å². The van der Waals surface area contributed by atoms with Gasteiger partial charge >= 0.3 is 0 Å². The fourth-order valence-electron chi connectivity index (χ4n) is 3.78. The number of aromatic nitrogens is 2. The van der Waals surface area contributed by atoms with Crippen LogP contribution >= 0.6 is 0 Å². The number of piperidine rings is 1. The monoisotopic (exact) mass is 344 g/mol. The minimum atomic E-state index is -0.0355. The molecule has 0 radical (unpaired) electrons. The maximum Gasteiger partial charge on any atom is 0.228 e. The Morgan fingerprint density at radius 1 is 1.32 bits per heavy atom. The summed E-state index contributed by atoms with van der Waals surface area (Å²) in [7, 11) is 1.88. The largest absolute Gasteiger partial charge is 0.340 e. The van der Waals surface area contributed by atoms with E-state index in [9.17, 15) is 9.59 Å². The molecule has 6 nitrogen and oxygen atoms in total. The highest BCUT2D eigenvalue weighted by molar-refractivity contribution is 5.83. The maximum atomic E-state index is 12.7. The smallest absolute Gasteiger partial charge is 0.228 e. The first kappa shape index (κ1) is 17.7. The van der Waals surface area contributed by atoms with Crippen molar-refractivity contribution in [3.63, 3.8) is 0 Å². The molecule has 0 N–H and O–H groups in total. The molecule has 2 amide bonds. The van der Waals surface area contributed by atoms with Gasteiger partial charge in [0.1, 0.15) is 0 Å². The van der Waals surface area contributed by atoms with Crippen molar-refractivity contribution in [1.82, 2.24) is 19.6 Å². The average molecular weight is 344 g/mol. The van der Waals surface area contributed by atoms with Crippen LogP contribution in [0.3, 0.4) is 0 Å². The van der Waals surface area contributed by atoms with Crippen LogP contribution in [0.1, 0.15) is 38.7 Å². The van der Waals surface area contributed by atoms with E-state index in [1.165, 1.54) is 5.57 Å². The summed E-state index contributed by atoms with van der Waals surface area (Å²) in [4.78, 5) is 29.3. The molecular weight excluding hydrogens is 316 g/mol. The molecule has 3 aliphatic rings. The Balaban J connectivity index is 1.63. The van der Waals surface area contributed by atoms with E-state index in [0.29, 0.717) is 32.5 Å². The highest BCUT2D eigenvalue weighted by Gasteiger charge is 2.41. The zero-order valence-electron chi connectivity index (χ0n) is 15.4. The van der Waals surface area contributed by atoms with E-state index in [1.807, 2.05) is 29.2 Å². The number of rotatable bonds is 5. The molecule has 0 unspecified atom stereocenters. The third kappa shape index (κ3) is 4.11. The first-order chi connectivity index (χ1) is 11.9. The summed E-state index contributed by atoms with van der Waals surface area (Å²) in [5.74, 6) is 0.334. The lowest BCUT2D eigenvalue weighted by Gasteiger charge is -2.35. The van der Waals surface area contributed by atoms with E-state index in [0.717, 1.165) is 18.4 Å². The van der Waals surface area contributed by atoms with Crippen LogP contribution in [0.5, 0.6) is 0 Å². The second-order valence-electron chi connectivity index (χ2n) is 7.52. The zero-order chi connectivity index (χ0) is 18.0. The third-order valence-corrected chi connectivity index (χ3v) is 5.23. The van der Waals surface area contributed by atoms with Crippen molar-refractivity contribution in [2.24, 2.45) is 13.0 Å². The quantitative estimate of drug-likeness (QED) is 0.765. The van der Waals surface area contributed by atoms with E-state index < -0.39 is 0 Å². The molecule has 4 rings (SSSR count). The number of hydrogen-bond donors (Lipinski definition) is 0. The van der Waals surface area contributed by atoms with Gasteiger partial charge in [-0.2, -0.15) is 5.10 Å². The Hall–Kier alpha value is -2.11. The molecule has 0 saturated carbocycles. The van der Waals surface area contributed by atoms with E-state index in [2.05, 4.69) is 25.0 Å². The second-order valence-corrected chi connectivity index (χ2v) is 7.52. The molecule has 3 fully saturated rings. The number of fused-ring (bicyclic) bond motifs is 4. The minimum Gasteiger partial charge on any atom is -0.340 e. The standard InChI is InChI=1S/C19H28N4O2/c1-14(2)8-9-23-17-6-5-16(19(23)25)12-22(13-17)18(24)7-4-15-10-20-21(3)11-15/h8,10-11,16-17H,4-7,9,12-13H2,1-3H3/t16-,17+/m1/s1. The van der Waals surface area contributed by atoms with Crippen molar-refractivity contribution in [3.05, 3.63) is 29.6 Å². The van der Waals surface area contributed by atoms with Crippen LogP contribution < -0.4 is 0 Å². The van der Waals surface area contributed by atoms with Gasteiger partial charge in [0.2, 0.25) is 11.8 Å². The van der Waals surface area contributed by atoms with Crippen LogP contribution in [-0.4, -0.2) is 57.1 Å². The van der Waals surface area contributed by atoms with Crippen molar-refractivity contribution < 1.29 is 9.59 Å². The highest BCUT2D eigenvalue weighted by atomic mass is 16.2. The van der Waals surface area contributed by atoms with Crippen LogP contribution in [0, 0.1) is 5.92 Å². The van der Waals surface area contributed by atoms with Gasteiger partial charge in [0.05, 0.1) is 12.1 Å². The maximum absolute atomic E-state index is 12.7. The average Bonchev–Trinajstić information content (AvgIpc) is 2.80. The molecule has 3 aliphatic heterocycles. The lowest BCUT2D eigenvalue weighted by molar-refractivity contribution is -0.139. The molecular formula is C19H28N4O2. The number of carbonyl (C=O) groups is 2. The highest BCUT2D eigenvalue weighted by Crippen LogP contribution is 2.29. The summed E-state index contributed by atoms with van der Waals surface area (Å²) in [6, 6.07) is 0.157. The Morgan fingerprint density at radius 3 is 2.80 bits per heavy atom. The van der Waals surface area contributed by atoms with Gasteiger partial charge in [0.15, 0.2) is 0 Å². The van der Waals surface area contributed by atoms with Crippen molar-refractivity contribution in [1.29, 1.82) is 0 Å². The molecule has 0 aromatic carbocycles. The molecule has 25 heavy (non-hydrogen) atoms. The summed E-state index contributed by atoms with van der Waals surface area (Å²) in [5, 5.41) is 4.15.